The molecule has 0 bridgehead atoms. The molecule has 0 aliphatic rings. The standard InChI is InChI=1S/C22H23N5O/c1-22(2,3)19(14-27-12-11-24-15-27)26-21(28)17-8-6-16(7-9-17)20-18(13-23)5-4-10-25-20/h4-12,15,19H,14H2,1-3H3,(H,26,28)/t19-/m0/s1. The van der Waals surface area contributed by atoms with E-state index in [1.54, 1.807) is 43.0 Å². The van der Waals surface area contributed by atoms with Gasteiger partial charge >= 0.3 is 0 Å². The van der Waals surface area contributed by atoms with Crippen LogP contribution in [0.25, 0.3) is 11.3 Å². The second kappa shape index (κ2) is 8.05. The van der Waals surface area contributed by atoms with Crippen molar-refractivity contribution >= 4 is 5.91 Å². The van der Waals surface area contributed by atoms with Crippen molar-refractivity contribution in [3.05, 3.63) is 72.4 Å². The quantitative estimate of drug-likeness (QED) is 0.740. The van der Waals surface area contributed by atoms with Crippen LogP contribution >= 0.6 is 0 Å². The van der Waals surface area contributed by atoms with Crippen molar-refractivity contribution in [1.29, 1.82) is 5.26 Å². The summed E-state index contributed by atoms with van der Waals surface area (Å²) in [5, 5.41) is 12.4. The number of hydrogen-bond donors (Lipinski definition) is 1. The van der Waals surface area contributed by atoms with Crippen LogP contribution in [0.1, 0.15) is 36.7 Å². The molecule has 0 aliphatic heterocycles. The third-order valence-electron chi connectivity index (χ3n) is 4.65. The molecule has 3 rings (SSSR count). The van der Waals surface area contributed by atoms with Crippen molar-refractivity contribution in [2.45, 2.75) is 33.4 Å². The first-order chi connectivity index (χ1) is 13.4. The Morgan fingerprint density at radius 2 is 1.96 bits per heavy atom. The number of benzene rings is 1. The van der Waals surface area contributed by atoms with Crippen molar-refractivity contribution < 1.29 is 4.79 Å². The molecule has 1 atom stereocenters. The molecule has 3 aromatic rings. The summed E-state index contributed by atoms with van der Waals surface area (Å²) in [4.78, 5) is 21.2. The predicted octanol–water partition coefficient (Wildman–Crippen LogP) is 3.66. The normalized spacial score (nSPS) is 12.2. The van der Waals surface area contributed by atoms with Gasteiger partial charge in [-0.05, 0) is 29.7 Å². The van der Waals surface area contributed by atoms with Gasteiger partial charge in [0.1, 0.15) is 6.07 Å². The summed E-state index contributed by atoms with van der Waals surface area (Å²) in [5.74, 6) is -0.131. The fourth-order valence-electron chi connectivity index (χ4n) is 2.89. The van der Waals surface area contributed by atoms with Gasteiger partial charge in [0.15, 0.2) is 0 Å². The van der Waals surface area contributed by atoms with Gasteiger partial charge in [0.25, 0.3) is 5.91 Å². The van der Waals surface area contributed by atoms with E-state index >= 15 is 0 Å². The topological polar surface area (TPSA) is 83.6 Å². The highest BCUT2D eigenvalue weighted by atomic mass is 16.1. The van der Waals surface area contributed by atoms with Gasteiger partial charge in [-0.25, -0.2) is 4.98 Å². The monoisotopic (exact) mass is 373 g/mol. The zero-order chi connectivity index (χ0) is 20.1. The number of amides is 1. The highest BCUT2D eigenvalue weighted by Crippen LogP contribution is 2.23. The molecule has 0 saturated heterocycles. The van der Waals surface area contributed by atoms with Crippen LogP contribution in [0.5, 0.6) is 0 Å². The van der Waals surface area contributed by atoms with Crippen LogP contribution in [0.4, 0.5) is 0 Å². The van der Waals surface area contributed by atoms with Crippen molar-refractivity contribution in [3.63, 3.8) is 0 Å². The Labute approximate surface area is 164 Å². The summed E-state index contributed by atoms with van der Waals surface area (Å²) in [6.07, 6.45) is 7.02. The van der Waals surface area contributed by atoms with Crippen LogP contribution in [-0.2, 0) is 6.54 Å². The van der Waals surface area contributed by atoms with Crippen LogP contribution in [0, 0.1) is 16.7 Å². The summed E-state index contributed by atoms with van der Waals surface area (Å²) in [5.41, 5.74) is 2.38. The first-order valence-electron chi connectivity index (χ1n) is 9.10. The van der Waals surface area contributed by atoms with Crippen LogP contribution < -0.4 is 5.32 Å². The molecule has 0 aliphatic carbocycles. The van der Waals surface area contributed by atoms with Gasteiger partial charge in [-0.1, -0.05) is 32.9 Å². The Morgan fingerprint density at radius 3 is 2.57 bits per heavy atom. The summed E-state index contributed by atoms with van der Waals surface area (Å²) >= 11 is 0. The number of nitrogens with one attached hydrogen (secondary N) is 1. The fraction of sp³-hybridized carbons (Fsp3) is 0.273. The molecule has 2 aromatic heterocycles. The maximum absolute atomic E-state index is 12.8. The van der Waals surface area contributed by atoms with E-state index in [1.165, 1.54) is 0 Å². The van der Waals surface area contributed by atoms with Crippen molar-refractivity contribution in [3.8, 4) is 17.3 Å². The zero-order valence-corrected chi connectivity index (χ0v) is 16.3. The van der Waals surface area contributed by atoms with Gasteiger partial charge in [0.2, 0.25) is 0 Å². The number of imidazole rings is 1. The largest absolute Gasteiger partial charge is 0.347 e. The second-order valence-corrected chi connectivity index (χ2v) is 7.74. The molecule has 6 heteroatoms. The van der Waals surface area contributed by atoms with E-state index in [4.69, 9.17) is 0 Å². The number of pyridine rings is 1. The zero-order valence-electron chi connectivity index (χ0n) is 16.3. The third-order valence-corrected chi connectivity index (χ3v) is 4.65. The second-order valence-electron chi connectivity index (χ2n) is 7.74. The highest BCUT2D eigenvalue weighted by Gasteiger charge is 2.27. The van der Waals surface area contributed by atoms with E-state index in [9.17, 15) is 10.1 Å². The minimum atomic E-state index is -0.131. The Morgan fingerprint density at radius 1 is 1.21 bits per heavy atom. The number of carbonyl (C=O) groups is 1. The fourth-order valence-corrected chi connectivity index (χ4v) is 2.89. The van der Waals surface area contributed by atoms with Crippen LogP contribution in [-0.4, -0.2) is 26.5 Å². The molecule has 1 amide bonds. The number of nitriles is 1. The van der Waals surface area contributed by atoms with Gasteiger partial charge in [-0.15, -0.1) is 0 Å². The van der Waals surface area contributed by atoms with Gasteiger partial charge in [0, 0.05) is 36.3 Å². The predicted molar refractivity (Wildman–Crippen MR) is 107 cm³/mol. The van der Waals surface area contributed by atoms with Gasteiger partial charge in [-0.2, -0.15) is 5.26 Å². The number of rotatable bonds is 5. The summed E-state index contributed by atoms with van der Waals surface area (Å²) in [6.45, 7) is 6.94. The minimum absolute atomic E-state index is 0.0603. The van der Waals surface area contributed by atoms with E-state index in [-0.39, 0.29) is 17.4 Å². The Kier molecular flexibility index (Phi) is 5.55. The summed E-state index contributed by atoms with van der Waals surface area (Å²) in [7, 11) is 0. The Hall–Kier alpha value is -3.46. The SMILES string of the molecule is CC(C)(C)[C@H](Cn1ccnc1)NC(=O)c1ccc(-c2ncccc2C#N)cc1. The maximum atomic E-state index is 12.8. The maximum Gasteiger partial charge on any atom is 0.251 e. The molecule has 0 spiro atoms. The summed E-state index contributed by atoms with van der Waals surface area (Å²) in [6, 6.07) is 12.7. The number of hydrogen-bond acceptors (Lipinski definition) is 4. The highest BCUT2D eigenvalue weighted by molar-refractivity contribution is 5.95. The van der Waals surface area contributed by atoms with Crippen molar-refractivity contribution in [2.24, 2.45) is 5.41 Å². The lowest BCUT2D eigenvalue weighted by Crippen LogP contribution is -2.46. The van der Waals surface area contributed by atoms with Crippen LogP contribution in [0.3, 0.4) is 0 Å². The molecular weight excluding hydrogens is 350 g/mol. The first-order valence-corrected chi connectivity index (χ1v) is 9.10. The molecule has 0 fully saturated rings. The number of aromatic nitrogens is 3. The molecular formula is C22H23N5O. The molecule has 6 nitrogen and oxygen atoms in total. The smallest absolute Gasteiger partial charge is 0.251 e. The van der Waals surface area contributed by atoms with Gasteiger partial charge in [0.05, 0.1) is 23.6 Å². The van der Waals surface area contributed by atoms with Crippen molar-refractivity contribution in [1.82, 2.24) is 19.9 Å². The molecule has 28 heavy (non-hydrogen) atoms. The number of nitrogens with zero attached hydrogens (tertiary/aromatic N) is 4. The lowest BCUT2D eigenvalue weighted by Gasteiger charge is -2.31. The number of carbonyl (C=O) groups excluding carboxylic acids is 1. The van der Waals surface area contributed by atoms with Crippen LogP contribution in [0.15, 0.2) is 61.3 Å². The van der Waals surface area contributed by atoms with Crippen LogP contribution in [0.2, 0.25) is 0 Å². The van der Waals surface area contributed by atoms with Crippen molar-refractivity contribution in [2.75, 3.05) is 0 Å². The van der Waals surface area contributed by atoms with E-state index in [0.29, 0.717) is 23.4 Å². The molecule has 142 valence electrons. The molecule has 0 unspecified atom stereocenters. The van der Waals surface area contributed by atoms with Gasteiger partial charge < -0.3 is 9.88 Å². The lowest BCUT2D eigenvalue weighted by molar-refractivity contribution is 0.0892. The minimum Gasteiger partial charge on any atom is -0.347 e. The molecule has 2 heterocycles. The Balaban J connectivity index is 1.77. The van der Waals surface area contributed by atoms with E-state index in [1.807, 2.05) is 22.9 Å². The van der Waals surface area contributed by atoms with E-state index in [0.717, 1.165) is 5.56 Å². The Bertz CT molecular complexity index is 979. The molecule has 0 radical (unpaired) electrons. The summed E-state index contributed by atoms with van der Waals surface area (Å²) < 4.78 is 1.96. The molecule has 1 aromatic carbocycles. The molecule has 0 saturated carbocycles. The average molecular weight is 373 g/mol. The van der Waals surface area contributed by atoms with E-state index in [2.05, 4.69) is 42.1 Å². The van der Waals surface area contributed by atoms with E-state index < -0.39 is 0 Å². The lowest BCUT2D eigenvalue weighted by atomic mass is 9.86. The average Bonchev–Trinajstić information content (AvgIpc) is 3.20. The molecule has 1 N–H and O–H groups in total. The third kappa shape index (κ3) is 4.44. The first kappa shape index (κ1) is 19.3. The van der Waals surface area contributed by atoms with Gasteiger partial charge in [-0.3, -0.25) is 9.78 Å².